The third-order valence-corrected chi connectivity index (χ3v) is 11.3. The van der Waals surface area contributed by atoms with Crippen molar-refractivity contribution in [2.75, 3.05) is 0 Å². The predicted molar refractivity (Wildman–Crippen MR) is 213 cm³/mol. The Morgan fingerprint density at radius 3 is 1.92 bits per heavy atom. The van der Waals surface area contributed by atoms with Crippen LogP contribution in [0, 0.1) is 0 Å². The average Bonchev–Trinajstić information content (AvgIpc) is 3.47. The largest absolute Gasteiger partial charge is 0.150 e. The maximum absolute atomic E-state index is 4.65. The lowest BCUT2D eigenvalue weighted by Crippen LogP contribution is -2.40. The van der Waals surface area contributed by atoms with Crippen LogP contribution >= 0.6 is 0 Å². The fraction of sp³-hybridized carbons (Fsp3) is 0.102. The maximum atomic E-state index is 4.65. The summed E-state index contributed by atoms with van der Waals surface area (Å²) < 4.78 is 0. The predicted octanol–water partition coefficient (Wildman–Crippen LogP) is 12.3. The normalized spacial score (nSPS) is 17.1. The van der Waals surface area contributed by atoms with Crippen molar-refractivity contribution in [1.29, 1.82) is 0 Å². The molecule has 2 aliphatic carbocycles. The zero-order valence-electron chi connectivity index (χ0n) is 29.2. The van der Waals surface area contributed by atoms with Crippen molar-refractivity contribution in [1.82, 2.24) is 10.2 Å². The Morgan fingerprint density at radius 2 is 1.14 bits per heavy atom. The molecule has 1 unspecified atom stereocenters. The summed E-state index contributed by atoms with van der Waals surface area (Å²) in [4.78, 5) is 0. The molecular weight excluding hydrogens is 617 g/mol. The summed E-state index contributed by atoms with van der Waals surface area (Å²) in [6.07, 6.45) is 6.24. The van der Waals surface area contributed by atoms with Crippen LogP contribution in [0.3, 0.4) is 0 Å². The third-order valence-electron chi connectivity index (χ3n) is 11.3. The summed E-state index contributed by atoms with van der Waals surface area (Å²) in [5.74, 6) is 0. The molecule has 1 heterocycles. The van der Waals surface area contributed by atoms with Crippen LogP contribution in [-0.2, 0) is 10.8 Å². The van der Waals surface area contributed by atoms with Gasteiger partial charge in [-0.05, 0) is 91.5 Å². The highest BCUT2D eigenvalue weighted by Crippen LogP contribution is 2.62. The van der Waals surface area contributed by atoms with Crippen molar-refractivity contribution in [3.8, 4) is 44.8 Å². The van der Waals surface area contributed by atoms with E-state index in [0.717, 1.165) is 22.5 Å². The molecule has 9 rings (SSSR count). The number of hydrogen-bond donors (Lipinski definition) is 0. The number of rotatable bonds is 5. The Bertz CT molecular complexity index is 2560. The SMILES string of the molecule is C=C/C=C\C1=C(C)C2(c3ccccc3-c3cc(-c4ccc(-c5ccc(-c6cccc7ccccc67)nn5)cc4)ccc32)c2ccccc2C1(C)C. The number of aromatic nitrogens is 2. The Kier molecular flexibility index (Phi) is 7.12. The Balaban J connectivity index is 1.12. The van der Waals surface area contributed by atoms with Crippen LogP contribution in [0.1, 0.15) is 43.0 Å². The lowest BCUT2D eigenvalue weighted by Gasteiger charge is -2.46. The number of benzene rings is 6. The molecule has 51 heavy (non-hydrogen) atoms. The fourth-order valence-electron chi connectivity index (χ4n) is 8.94. The molecule has 7 aromatic rings. The highest BCUT2D eigenvalue weighted by Gasteiger charge is 2.52. The number of allylic oxidation sites excluding steroid dienone is 5. The minimum absolute atomic E-state index is 0.147. The quantitative estimate of drug-likeness (QED) is 0.173. The number of hydrogen-bond acceptors (Lipinski definition) is 2. The van der Waals surface area contributed by atoms with Crippen LogP contribution in [-0.4, -0.2) is 10.2 Å². The van der Waals surface area contributed by atoms with Gasteiger partial charge in [0.05, 0.1) is 16.8 Å². The molecule has 0 bridgehead atoms. The molecule has 0 saturated carbocycles. The second-order valence-corrected chi connectivity index (χ2v) is 14.3. The van der Waals surface area contributed by atoms with Gasteiger partial charge in [0.25, 0.3) is 0 Å². The molecule has 1 spiro atoms. The highest BCUT2D eigenvalue weighted by molar-refractivity contribution is 5.96. The van der Waals surface area contributed by atoms with Crippen LogP contribution in [0.25, 0.3) is 55.5 Å². The average molecular weight is 655 g/mol. The van der Waals surface area contributed by atoms with Crippen molar-refractivity contribution >= 4 is 10.8 Å². The monoisotopic (exact) mass is 654 g/mol. The summed E-state index contributed by atoms with van der Waals surface area (Å²) in [6, 6.07) is 52.7. The van der Waals surface area contributed by atoms with Gasteiger partial charge in [-0.3, -0.25) is 0 Å². The van der Waals surface area contributed by atoms with Gasteiger partial charge in [-0.25, -0.2) is 0 Å². The van der Waals surface area contributed by atoms with Crippen molar-refractivity contribution in [2.24, 2.45) is 0 Å². The van der Waals surface area contributed by atoms with Gasteiger partial charge in [-0.15, -0.1) is 10.2 Å². The maximum Gasteiger partial charge on any atom is 0.0936 e. The molecule has 1 atom stereocenters. The van der Waals surface area contributed by atoms with E-state index in [1.54, 1.807) is 0 Å². The van der Waals surface area contributed by atoms with Crippen LogP contribution < -0.4 is 0 Å². The molecule has 0 fully saturated rings. The van der Waals surface area contributed by atoms with Gasteiger partial charge in [0.2, 0.25) is 0 Å². The van der Waals surface area contributed by atoms with E-state index in [1.807, 2.05) is 6.08 Å². The number of nitrogens with zero attached hydrogens (tertiary/aromatic N) is 2. The molecule has 0 aliphatic heterocycles. The van der Waals surface area contributed by atoms with E-state index in [2.05, 4.69) is 195 Å². The van der Waals surface area contributed by atoms with E-state index in [0.29, 0.717) is 0 Å². The molecule has 0 saturated heterocycles. The van der Waals surface area contributed by atoms with Crippen LogP contribution in [0.15, 0.2) is 182 Å². The van der Waals surface area contributed by atoms with Gasteiger partial charge < -0.3 is 0 Å². The first-order valence-electron chi connectivity index (χ1n) is 17.7. The lowest BCUT2D eigenvalue weighted by molar-refractivity contribution is 0.558. The van der Waals surface area contributed by atoms with E-state index in [1.165, 1.54) is 66.4 Å². The first-order chi connectivity index (χ1) is 24.9. The molecular formula is C49H38N2. The molecule has 0 radical (unpaired) electrons. The molecule has 0 N–H and O–H groups in total. The van der Waals surface area contributed by atoms with E-state index >= 15 is 0 Å². The Hall–Kier alpha value is -6.12. The van der Waals surface area contributed by atoms with Gasteiger partial charge >= 0.3 is 0 Å². The smallest absolute Gasteiger partial charge is 0.0936 e. The Morgan fingerprint density at radius 1 is 0.529 bits per heavy atom. The van der Waals surface area contributed by atoms with Crippen LogP contribution in [0.4, 0.5) is 0 Å². The van der Waals surface area contributed by atoms with Gasteiger partial charge in [0.15, 0.2) is 0 Å². The first-order valence-corrected chi connectivity index (χ1v) is 17.7. The van der Waals surface area contributed by atoms with Gasteiger partial charge in [-0.2, -0.15) is 0 Å². The molecule has 244 valence electrons. The number of fused-ring (bicyclic) bond motifs is 8. The van der Waals surface area contributed by atoms with E-state index in [4.69, 9.17) is 0 Å². The summed E-state index contributed by atoms with van der Waals surface area (Å²) in [6.45, 7) is 11.0. The second-order valence-electron chi connectivity index (χ2n) is 14.3. The molecule has 2 aliphatic rings. The Labute approximate surface area is 300 Å². The summed E-state index contributed by atoms with van der Waals surface area (Å²) in [7, 11) is 0. The van der Waals surface area contributed by atoms with Crippen molar-refractivity contribution in [2.45, 2.75) is 31.6 Å². The zero-order valence-corrected chi connectivity index (χ0v) is 29.2. The summed E-state index contributed by atoms with van der Waals surface area (Å²) >= 11 is 0. The molecule has 0 amide bonds. The van der Waals surface area contributed by atoms with Crippen LogP contribution in [0.5, 0.6) is 0 Å². The molecule has 1 aromatic heterocycles. The zero-order chi connectivity index (χ0) is 34.7. The second kappa shape index (κ2) is 11.7. The van der Waals surface area contributed by atoms with E-state index < -0.39 is 0 Å². The summed E-state index contributed by atoms with van der Waals surface area (Å²) in [5, 5.41) is 11.7. The van der Waals surface area contributed by atoms with Crippen molar-refractivity contribution in [3.63, 3.8) is 0 Å². The minimum atomic E-state index is -0.377. The topological polar surface area (TPSA) is 25.8 Å². The van der Waals surface area contributed by atoms with Crippen molar-refractivity contribution < 1.29 is 0 Å². The fourth-order valence-corrected chi connectivity index (χ4v) is 8.94. The van der Waals surface area contributed by atoms with E-state index in [-0.39, 0.29) is 10.8 Å². The standard InChI is InChI=1S/C49H38N2/c1-5-6-19-41-32(2)49(45-22-12-11-21-44(45)48(41,3)4)42-20-10-9-17-38(42)40-31-36(27-28-43(40)49)33-23-25-35(26-24-33)46-29-30-47(51-50-46)39-18-13-15-34-14-7-8-16-37(34)39/h5-31H,1H2,2-4H3/b19-6-. The minimum Gasteiger partial charge on any atom is -0.150 e. The first kappa shape index (κ1) is 30.9. The molecule has 2 nitrogen and oxygen atoms in total. The lowest BCUT2D eigenvalue weighted by atomic mass is 9.56. The highest BCUT2D eigenvalue weighted by atomic mass is 15.1. The van der Waals surface area contributed by atoms with Gasteiger partial charge in [0, 0.05) is 16.5 Å². The van der Waals surface area contributed by atoms with Gasteiger partial charge in [-0.1, -0.05) is 166 Å². The molecule has 2 heteroatoms. The van der Waals surface area contributed by atoms with Gasteiger partial charge in [0.1, 0.15) is 0 Å². The molecule has 6 aromatic carbocycles. The van der Waals surface area contributed by atoms with E-state index in [9.17, 15) is 0 Å². The van der Waals surface area contributed by atoms with Crippen molar-refractivity contribution in [3.05, 3.63) is 204 Å². The van der Waals surface area contributed by atoms with Crippen LogP contribution in [0.2, 0.25) is 0 Å². The summed E-state index contributed by atoms with van der Waals surface area (Å²) in [5.41, 5.74) is 16.5. The third kappa shape index (κ3) is 4.56.